The van der Waals surface area contributed by atoms with E-state index in [1.54, 1.807) is 0 Å². The minimum atomic E-state index is 0.157. The highest BCUT2D eigenvalue weighted by Gasteiger charge is 2.31. The molecule has 0 radical (unpaired) electrons. The predicted octanol–water partition coefficient (Wildman–Crippen LogP) is 4.41. The Labute approximate surface area is 124 Å². The molecule has 0 spiro atoms. The number of carbonyl (C=O) groups is 1. The summed E-state index contributed by atoms with van der Waals surface area (Å²) in [6.45, 7) is 8.37. The number of hydrogen-bond acceptors (Lipinski definition) is 1. The highest BCUT2D eigenvalue weighted by Crippen LogP contribution is 2.34. The molecule has 0 bridgehead atoms. The van der Waals surface area contributed by atoms with Crippen molar-refractivity contribution in [1.82, 2.24) is 4.90 Å². The lowest BCUT2D eigenvalue weighted by Crippen LogP contribution is -2.42. The highest BCUT2D eigenvalue weighted by atomic mass is 79.9. The van der Waals surface area contributed by atoms with Crippen molar-refractivity contribution in [3.05, 3.63) is 33.8 Å². The van der Waals surface area contributed by atoms with Crippen molar-refractivity contribution >= 4 is 21.8 Å². The molecule has 1 aliphatic heterocycles. The van der Waals surface area contributed by atoms with Gasteiger partial charge < -0.3 is 4.90 Å². The van der Waals surface area contributed by atoms with Gasteiger partial charge in [0.25, 0.3) is 5.91 Å². The monoisotopic (exact) mass is 323 g/mol. The summed E-state index contributed by atoms with van der Waals surface area (Å²) in [7, 11) is 0. The summed E-state index contributed by atoms with van der Waals surface area (Å²) < 4.78 is 0.904. The molecule has 3 heteroatoms. The van der Waals surface area contributed by atoms with Gasteiger partial charge >= 0.3 is 0 Å². The Hall–Kier alpha value is -0.830. The van der Waals surface area contributed by atoms with Crippen molar-refractivity contribution in [3.8, 4) is 0 Å². The summed E-state index contributed by atoms with van der Waals surface area (Å²) in [5, 5.41) is 0. The van der Waals surface area contributed by atoms with Crippen LogP contribution in [0.5, 0.6) is 0 Å². The van der Waals surface area contributed by atoms with Crippen LogP contribution in [0.25, 0.3) is 0 Å². The Morgan fingerprint density at radius 2 is 2.00 bits per heavy atom. The fourth-order valence-electron chi connectivity index (χ4n) is 2.57. The average molecular weight is 324 g/mol. The van der Waals surface area contributed by atoms with Crippen molar-refractivity contribution in [1.29, 1.82) is 0 Å². The number of rotatable bonds is 2. The summed E-state index contributed by atoms with van der Waals surface area (Å²) >= 11 is 3.50. The van der Waals surface area contributed by atoms with Gasteiger partial charge in [0.2, 0.25) is 0 Å². The molecule has 1 aliphatic rings. The maximum atomic E-state index is 12.5. The largest absolute Gasteiger partial charge is 0.339 e. The quantitative estimate of drug-likeness (QED) is 0.789. The number of likely N-dealkylation sites (tertiary alicyclic amines) is 1. The Morgan fingerprint density at radius 1 is 1.37 bits per heavy atom. The maximum Gasteiger partial charge on any atom is 0.254 e. The van der Waals surface area contributed by atoms with E-state index in [1.165, 1.54) is 12.0 Å². The molecule has 1 heterocycles. The van der Waals surface area contributed by atoms with Gasteiger partial charge in [0, 0.05) is 17.6 Å². The van der Waals surface area contributed by atoms with Gasteiger partial charge in [-0.15, -0.1) is 0 Å². The van der Waals surface area contributed by atoms with Crippen molar-refractivity contribution in [2.45, 2.75) is 40.0 Å². The molecule has 1 amide bonds. The molecule has 1 saturated heterocycles. The SMILES string of the molecule is CCC1(C)CCN(C(=O)c2ccc(C)cc2Br)CC1. The van der Waals surface area contributed by atoms with Crippen LogP contribution in [0.3, 0.4) is 0 Å². The maximum absolute atomic E-state index is 12.5. The number of aryl methyl sites for hydroxylation is 1. The fourth-order valence-corrected chi connectivity index (χ4v) is 3.23. The molecule has 0 atom stereocenters. The molecule has 1 fully saturated rings. The van der Waals surface area contributed by atoms with Crippen LogP contribution in [0.1, 0.15) is 49.0 Å². The van der Waals surface area contributed by atoms with E-state index in [0.29, 0.717) is 5.41 Å². The Morgan fingerprint density at radius 3 is 2.53 bits per heavy atom. The lowest BCUT2D eigenvalue weighted by atomic mass is 9.78. The average Bonchev–Trinajstić information content (AvgIpc) is 2.39. The molecule has 0 unspecified atom stereocenters. The van der Waals surface area contributed by atoms with Gasteiger partial charge in [-0.25, -0.2) is 0 Å². The molecule has 0 aliphatic carbocycles. The third-order valence-electron chi connectivity index (χ3n) is 4.47. The van der Waals surface area contributed by atoms with E-state index in [0.717, 1.165) is 36.0 Å². The second-order valence-corrected chi connectivity index (χ2v) is 6.79. The third kappa shape index (κ3) is 3.19. The zero-order valence-corrected chi connectivity index (χ0v) is 13.6. The van der Waals surface area contributed by atoms with Crippen molar-refractivity contribution < 1.29 is 4.79 Å². The summed E-state index contributed by atoms with van der Waals surface area (Å²) in [5.41, 5.74) is 2.37. The fraction of sp³-hybridized carbons (Fsp3) is 0.562. The van der Waals surface area contributed by atoms with Crippen LogP contribution in [-0.4, -0.2) is 23.9 Å². The number of benzene rings is 1. The standard InChI is InChI=1S/C16H22BrNO/c1-4-16(3)7-9-18(10-8-16)15(19)13-6-5-12(2)11-14(13)17/h5-6,11H,4,7-10H2,1-3H3. The summed E-state index contributed by atoms with van der Waals surface area (Å²) in [5.74, 6) is 0.157. The zero-order chi connectivity index (χ0) is 14.0. The van der Waals surface area contributed by atoms with Crippen LogP contribution in [0.2, 0.25) is 0 Å². The molecule has 19 heavy (non-hydrogen) atoms. The molecule has 0 aromatic heterocycles. The number of halogens is 1. The van der Waals surface area contributed by atoms with Crippen molar-refractivity contribution in [2.24, 2.45) is 5.41 Å². The van der Waals surface area contributed by atoms with E-state index >= 15 is 0 Å². The van der Waals surface area contributed by atoms with Gasteiger partial charge in [-0.3, -0.25) is 4.79 Å². The highest BCUT2D eigenvalue weighted by molar-refractivity contribution is 9.10. The molecule has 1 aromatic carbocycles. The van der Waals surface area contributed by atoms with E-state index in [4.69, 9.17) is 0 Å². The summed E-state index contributed by atoms with van der Waals surface area (Å²) in [6, 6.07) is 5.93. The third-order valence-corrected chi connectivity index (χ3v) is 5.12. The van der Waals surface area contributed by atoms with Gasteiger partial charge in [-0.2, -0.15) is 0 Å². The number of amides is 1. The van der Waals surface area contributed by atoms with Crippen LogP contribution in [-0.2, 0) is 0 Å². The first-order valence-electron chi connectivity index (χ1n) is 7.00. The van der Waals surface area contributed by atoms with Crippen LogP contribution in [0.15, 0.2) is 22.7 Å². The Bertz CT molecular complexity index is 476. The van der Waals surface area contributed by atoms with Gasteiger partial charge in [0.15, 0.2) is 0 Å². The second kappa shape index (κ2) is 5.66. The predicted molar refractivity (Wildman–Crippen MR) is 82.4 cm³/mol. The first kappa shape index (κ1) is 14.6. The summed E-state index contributed by atoms with van der Waals surface area (Å²) in [4.78, 5) is 14.5. The number of piperidine rings is 1. The Balaban J connectivity index is 2.09. The minimum absolute atomic E-state index is 0.157. The topological polar surface area (TPSA) is 20.3 Å². The minimum Gasteiger partial charge on any atom is -0.339 e. The molecule has 0 saturated carbocycles. The van der Waals surface area contributed by atoms with Gasteiger partial charge in [0.1, 0.15) is 0 Å². The van der Waals surface area contributed by atoms with E-state index in [2.05, 4.69) is 29.8 Å². The number of carbonyl (C=O) groups excluding carboxylic acids is 1. The normalized spacial score (nSPS) is 18.4. The number of nitrogens with zero attached hydrogens (tertiary/aromatic N) is 1. The van der Waals surface area contributed by atoms with E-state index in [9.17, 15) is 4.79 Å². The second-order valence-electron chi connectivity index (χ2n) is 5.94. The van der Waals surface area contributed by atoms with Gasteiger partial charge in [-0.05, 0) is 58.8 Å². The van der Waals surface area contributed by atoms with E-state index in [1.807, 2.05) is 30.0 Å². The van der Waals surface area contributed by atoms with Gasteiger partial charge in [-0.1, -0.05) is 26.3 Å². The lowest BCUT2D eigenvalue weighted by molar-refractivity contribution is 0.0599. The molecule has 2 nitrogen and oxygen atoms in total. The smallest absolute Gasteiger partial charge is 0.254 e. The molecule has 2 rings (SSSR count). The molecular formula is C16H22BrNO. The zero-order valence-electron chi connectivity index (χ0n) is 12.0. The molecule has 0 N–H and O–H groups in total. The first-order chi connectivity index (χ1) is 8.95. The van der Waals surface area contributed by atoms with Crippen LogP contribution in [0, 0.1) is 12.3 Å². The molecule has 1 aromatic rings. The van der Waals surface area contributed by atoms with Crippen molar-refractivity contribution in [2.75, 3.05) is 13.1 Å². The Kier molecular flexibility index (Phi) is 4.34. The van der Waals surface area contributed by atoms with Crippen molar-refractivity contribution in [3.63, 3.8) is 0 Å². The molecular weight excluding hydrogens is 302 g/mol. The van der Waals surface area contributed by atoms with Crippen LogP contribution in [0.4, 0.5) is 0 Å². The number of hydrogen-bond donors (Lipinski definition) is 0. The van der Waals surface area contributed by atoms with E-state index in [-0.39, 0.29) is 5.91 Å². The lowest BCUT2D eigenvalue weighted by Gasteiger charge is -2.39. The van der Waals surface area contributed by atoms with E-state index < -0.39 is 0 Å². The first-order valence-corrected chi connectivity index (χ1v) is 7.80. The van der Waals surface area contributed by atoms with Gasteiger partial charge in [0.05, 0.1) is 5.56 Å². The summed E-state index contributed by atoms with van der Waals surface area (Å²) in [6.07, 6.45) is 3.42. The molecule has 104 valence electrons. The van der Waals surface area contributed by atoms with Crippen LogP contribution >= 0.6 is 15.9 Å². The van der Waals surface area contributed by atoms with Crippen LogP contribution < -0.4 is 0 Å².